The predicted octanol–water partition coefficient (Wildman–Crippen LogP) is 2.74. The van der Waals surface area contributed by atoms with Gasteiger partial charge in [-0.1, -0.05) is 12.1 Å². The minimum atomic E-state index is -4.62. The highest BCUT2D eigenvalue weighted by atomic mass is 19.4. The van der Waals surface area contributed by atoms with Gasteiger partial charge in [-0.15, -0.1) is 0 Å². The van der Waals surface area contributed by atoms with Gasteiger partial charge in [-0.05, 0) is 30.5 Å². The number of ether oxygens (including phenoxy) is 1. The number of carbonyl (C=O) groups excluding carboxylic acids is 1. The number of nitrogens with zero attached hydrogens (tertiary/aromatic N) is 1. The van der Waals surface area contributed by atoms with Crippen LogP contribution in [0, 0.1) is 11.8 Å². The Labute approximate surface area is 143 Å². The van der Waals surface area contributed by atoms with E-state index in [1.807, 2.05) is 12.1 Å². The smallest absolute Gasteiger partial charge is 0.394 e. The van der Waals surface area contributed by atoms with Crippen molar-refractivity contribution in [1.29, 1.82) is 0 Å². The van der Waals surface area contributed by atoms with Gasteiger partial charge in [-0.2, -0.15) is 13.2 Å². The molecule has 0 aliphatic carbocycles. The molecule has 2 atom stereocenters. The minimum absolute atomic E-state index is 0.0863. The third kappa shape index (κ3) is 4.87. The molecule has 0 spiro atoms. The molecular weight excluding hydrogens is 339 g/mol. The Kier molecular flexibility index (Phi) is 5.92. The lowest BCUT2D eigenvalue weighted by Gasteiger charge is -2.18. The van der Waals surface area contributed by atoms with Crippen LogP contribution in [-0.4, -0.2) is 48.3 Å². The second-order valence-corrected chi connectivity index (χ2v) is 6.09. The molecule has 138 valence electrons. The Morgan fingerprint density at radius 1 is 1.24 bits per heavy atom. The summed E-state index contributed by atoms with van der Waals surface area (Å²) in [5.41, 5.74) is 0.992. The number of likely N-dealkylation sites (tertiary alicyclic amines) is 1. The molecule has 1 aromatic rings. The number of amides is 1. The molecule has 0 unspecified atom stereocenters. The number of halogens is 3. The first kappa shape index (κ1) is 19.1. The molecule has 25 heavy (non-hydrogen) atoms. The van der Waals surface area contributed by atoms with E-state index in [1.54, 1.807) is 19.2 Å². The number of carboxylic acids is 1. The maximum Gasteiger partial charge on any atom is 0.394 e. The summed E-state index contributed by atoms with van der Waals surface area (Å²) in [6.07, 6.45) is -3.45. The maximum atomic E-state index is 12.9. The van der Waals surface area contributed by atoms with E-state index in [2.05, 4.69) is 0 Å². The minimum Gasteiger partial charge on any atom is -0.497 e. The van der Waals surface area contributed by atoms with Crippen molar-refractivity contribution in [2.24, 2.45) is 11.8 Å². The van der Waals surface area contributed by atoms with Crippen molar-refractivity contribution >= 4 is 11.9 Å². The number of aryl methyl sites for hydroxylation is 1. The lowest BCUT2D eigenvalue weighted by Crippen LogP contribution is -2.34. The summed E-state index contributed by atoms with van der Waals surface area (Å²) < 4.78 is 43.8. The van der Waals surface area contributed by atoms with E-state index in [0.717, 1.165) is 16.2 Å². The molecule has 0 bridgehead atoms. The summed E-state index contributed by atoms with van der Waals surface area (Å²) in [4.78, 5) is 24.2. The quantitative estimate of drug-likeness (QED) is 0.848. The Hall–Kier alpha value is -2.25. The van der Waals surface area contributed by atoms with Crippen LogP contribution in [0.15, 0.2) is 24.3 Å². The SMILES string of the molecule is COc1ccc(CCCC(=O)N2C[C@@H](C(F)(F)F)[C@H](C(=O)O)C2)cc1. The van der Waals surface area contributed by atoms with E-state index < -0.39 is 36.4 Å². The number of aliphatic carboxylic acids is 1. The van der Waals surface area contributed by atoms with Crippen LogP contribution < -0.4 is 4.74 Å². The third-order valence-corrected chi connectivity index (χ3v) is 4.43. The molecule has 1 aliphatic heterocycles. The second kappa shape index (κ2) is 7.76. The van der Waals surface area contributed by atoms with Crippen molar-refractivity contribution < 1.29 is 32.6 Å². The molecule has 8 heteroatoms. The van der Waals surface area contributed by atoms with Crippen LogP contribution in [0.3, 0.4) is 0 Å². The molecule has 1 aliphatic rings. The fraction of sp³-hybridized carbons (Fsp3) is 0.529. The molecular formula is C17H20F3NO4. The van der Waals surface area contributed by atoms with Crippen molar-refractivity contribution in [3.05, 3.63) is 29.8 Å². The van der Waals surface area contributed by atoms with Gasteiger partial charge in [0.1, 0.15) is 5.75 Å². The second-order valence-electron chi connectivity index (χ2n) is 6.09. The topological polar surface area (TPSA) is 66.8 Å². The zero-order chi connectivity index (χ0) is 18.6. The Balaban J connectivity index is 1.87. The van der Waals surface area contributed by atoms with Gasteiger partial charge in [0.2, 0.25) is 5.91 Å². The monoisotopic (exact) mass is 359 g/mol. The molecule has 1 fully saturated rings. The highest BCUT2D eigenvalue weighted by molar-refractivity contribution is 5.79. The molecule has 5 nitrogen and oxygen atoms in total. The van der Waals surface area contributed by atoms with Gasteiger partial charge in [0.25, 0.3) is 0 Å². The van der Waals surface area contributed by atoms with E-state index in [4.69, 9.17) is 9.84 Å². The number of methoxy groups -OCH3 is 1. The molecule has 1 amide bonds. The van der Waals surface area contributed by atoms with Crippen LogP contribution >= 0.6 is 0 Å². The Morgan fingerprint density at radius 2 is 1.88 bits per heavy atom. The number of hydrogen-bond acceptors (Lipinski definition) is 3. The molecule has 1 heterocycles. The van der Waals surface area contributed by atoms with Gasteiger partial charge in [0.15, 0.2) is 0 Å². The van der Waals surface area contributed by atoms with Crippen LogP contribution in [0.5, 0.6) is 5.75 Å². The van der Waals surface area contributed by atoms with Crippen molar-refractivity contribution in [3.8, 4) is 5.75 Å². The Morgan fingerprint density at radius 3 is 2.36 bits per heavy atom. The van der Waals surface area contributed by atoms with Gasteiger partial charge >= 0.3 is 12.1 Å². The van der Waals surface area contributed by atoms with Gasteiger partial charge in [-0.25, -0.2) is 0 Å². The average Bonchev–Trinajstić information content (AvgIpc) is 3.01. The Bertz CT molecular complexity index is 615. The standard InChI is InChI=1S/C17H20F3NO4/c1-25-12-7-5-11(6-8-12)3-2-4-15(22)21-9-13(16(23)24)14(10-21)17(18,19)20/h5-8,13-14H,2-4,9-10H2,1H3,(H,23,24)/t13-,14-/m1/s1. The molecule has 0 aromatic heterocycles. The lowest BCUT2D eigenvalue weighted by atomic mass is 9.96. The lowest BCUT2D eigenvalue weighted by molar-refractivity contribution is -0.188. The molecule has 1 aromatic carbocycles. The number of hydrogen-bond donors (Lipinski definition) is 1. The van der Waals surface area contributed by atoms with Gasteiger partial charge in [0, 0.05) is 19.5 Å². The van der Waals surface area contributed by atoms with Crippen molar-refractivity contribution in [2.45, 2.75) is 25.4 Å². The van der Waals surface area contributed by atoms with E-state index in [-0.39, 0.29) is 13.0 Å². The summed E-state index contributed by atoms with van der Waals surface area (Å²) in [5, 5.41) is 8.97. The predicted molar refractivity (Wildman–Crippen MR) is 83.2 cm³/mol. The first-order valence-corrected chi connectivity index (χ1v) is 7.92. The summed E-state index contributed by atoms with van der Waals surface area (Å²) in [6, 6.07) is 7.31. The molecule has 0 radical (unpaired) electrons. The van der Waals surface area contributed by atoms with Crippen LogP contribution in [0.1, 0.15) is 18.4 Å². The number of carboxylic acid groups (broad SMARTS) is 1. The van der Waals surface area contributed by atoms with Crippen LogP contribution in [0.2, 0.25) is 0 Å². The van der Waals surface area contributed by atoms with Crippen molar-refractivity contribution in [2.75, 3.05) is 20.2 Å². The zero-order valence-electron chi connectivity index (χ0n) is 13.8. The highest BCUT2D eigenvalue weighted by Crippen LogP contribution is 2.38. The van der Waals surface area contributed by atoms with Gasteiger partial charge < -0.3 is 14.7 Å². The van der Waals surface area contributed by atoms with E-state index in [9.17, 15) is 22.8 Å². The van der Waals surface area contributed by atoms with Crippen LogP contribution in [0.25, 0.3) is 0 Å². The maximum absolute atomic E-state index is 12.9. The number of carbonyl (C=O) groups is 2. The summed E-state index contributed by atoms with van der Waals surface area (Å²) in [5.74, 6) is -4.83. The fourth-order valence-electron chi connectivity index (χ4n) is 2.98. The third-order valence-electron chi connectivity index (χ3n) is 4.43. The highest BCUT2D eigenvalue weighted by Gasteiger charge is 2.53. The summed E-state index contributed by atoms with van der Waals surface area (Å²) in [7, 11) is 1.56. The molecule has 2 rings (SSSR count). The largest absolute Gasteiger partial charge is 0.497 e. The summed E-state index contributed by atoms with van der Waals surface area (Å²) in [6.45, 7) is -0.970. The molecule has 1 N–H and O–H groups in total. The number of benzene rings is 1. The zero-order valence-corrected chi connectivity index (χ0v) is 13.8. The van der Waals surface area contributed by atoms with E-state index in [0.29, 0.717) is 12.8 Å². The average molecular weight is 359 g/mol. The number of alkyl halides is 3. The molecule has 0 saturated carbocycles. The van der Waals surface area contributed by atoms with E-state index in [1.165, 1.54) is 0 Å². The van der Waals surface area contributed by atoms with Crippen LogP contribution in [0.4, 0.5) is 13.2 Å². The molecule has 1 saturated heterocycles. The first-order valence-electron chi connectivity index (χ1n) is 7.92. The normalized spacial score (nSPS) is 20.6. The van der Waals surface area contributed by atoms with Crippen molar-refractivity contribution in [1.82, 2.24) is 4.90 Å². The van der Waals surface area contributed by atoms with Crippen LogP contribution in [-0.2, 0) is 16.0 Å². The van der Waals surface area contributed by atoms with Gasteiger partial charge in [0.05, 0.1) is 18.9 Å². The number of rotatable bonds is 6. The summed E-state index contributed by atoms with van der Waals surface area (Å²) >= 11 is 0. The fourth-order valence-corrected chi connectivity index (χ4v) is 2.98. The van der Waals surface area contributed by atoms with E-state index >= 15 is 0 Å². The van der Waals surface area contributed by atoms with Gasteiger partial charge in [-0.3, -0.25) is 9.59 Å². The first-order chi connectivity index (χ1) is 11.7. The van der Waals surface area contributed by atoms with Crippen molar-refractivity contribution in [3.63, 3.8) is 0 Å².